The van der Waals surface area contributed by atoms with E-state index in [2.05, 4.69) is 10.00 Å². The molecule has 0 spiro atoms. The Morgan fingerprint density at radius 3 is 2.88 bits per heavy atom. The van der Waals surface area contributed by atoms with E-state index < -0.39 is 5.97 Å². The van der Waals surface area contributed by atoms with Crippen LogP contribution in [0.4, 0.5) is 0 Å². The van der Waals surface area contributed by atoms with Crippen LogP contribution in [0, 0.1) is 11.8 Å². The summed E-state index contributed by atoms with van der Waals surface area (Å²) in [5.41, 5.74) is 0. The van der Waals surface area contributed by atoms with Crippen LogP contribution in [0.1, 0.15) is 6.92 Å². The second kappa shape index (κ2) is 4.65. The number of carbonyl (C=O) groups is 1. The summed E-state index contributed by atoms with van der Waals surface area (Å²) >= 11 is 0. The molecule has 0 aromatic carbocycles. The van der Waals surface area contributed by atoms with Gasteiger partial charge in [-0.15, -0.1) is 0 Å². The van der Waals surface area contributed by atoms with Gasteiger partial charge in [-0.05, 0) is 12.0 Å². The van der Waals surface area contributed by atoms with E-state index in [0.717, 1.165) is 26.2 Å². The number of likely N-dealkylation sites (tertiary alicyclic amines) is 1. The molecular formula is C11H17N3O2. The summed E-state index contributed by atoms with van der Waals surface area (Å²) in [4.78, 5) is 13.0. The van der Waals surface area contributed by atoms with Crippen molar-refractivity contribution in [3.05, 3.63) is 18.5 Å². The van der Waals surface area contributed by atoms with Gasteiger partial charge in [0.05, 0.1) is 12.5 Å². The Bertz CT molecular complexity index is 344. The van der Waals surface area contributed by atoms with Gasteiger partial charge in [-0.25, -0.2) is 0 Å². The normalized spacial score (nSPS) is 19.3. The summed E-state index contributed by atoms with van der Waals surface area (Å²) in [5, 5.41) is 13.0. The number of carboxylic acid groups (broad SMARTS) is 1. The monoisotopic (exact) mass is 223 g/mol. The van der Waals surface area contributed by atoms with Gasteiger partial charge >= 0.3 is 5.97 Å². The number of hydrogen-bond acceptors (Lipinski definition) is 3. The van der Waals surface area contributed by atoms with Gasteiger partial charge in [0.25, 0.3) is 0 Å². The van der Waals surface area contributed by atoms with Crippen LogP contribution in [-0.2, 0) is 11.3 Å². The Morgan fingerprint density at radius 2 is 2.31 bits per heavy atom. The first-order chi connectivity index (χ1) is 7.66. The number of aromatic nitrogens is 2. The largest absolute Gasteiger partial charge is 0.481 e. The average molecular weight is 223 g/mol. The number of hydrogen-bond donors (Lipinski definition) is 1. The van der Waals surface area contributed by atoms with E-state index in [4.69, 9.17) is 5.11 Å². The molecule has 1 aromatic rings. The molecule has 0 amide bonds. The minimum absolute atomic E-state index is 0.221. The highest BCUT2D eigenvalue weighted by atomic mass is 16.4. The zero-order valence-electron chi connectivity index (χ0n) is 9.41. The van der Waals surface area contributed by atoms with Crippen molar-refractivity contribution in [3.63, 3.8) is 0 Å². The van der Waals surface area contributed by atoms with E-state index in [0.29, 0.717) is 5.92 Å². The molecule has 0 radical (unpaired) electrons. The molecule has 1 aromatic heterocycles. The zero-order valence-corrected chi connectivity index (χ0v) is 9.41. The zero-order chi connectivity index (χ0) is 11.5. The third-order valence-corrected chi connectivity index (χ3v) is 3.29. The van der Waals surface area contributed by atoms with E-state index in [1.165, 1.54) is 0 Å². The smallest absolute Gasteiger partial charge is 0.306 e. The second-order valence-corrected chi connectivity index (χ2v) is 4.42. The summed E-state index contributed by atoms with van der Waals surface area (Å²) < 4.78 is 1.90. The van der Waals surface area contributed by atoms with Gasteiger partial charge in [0.15, 0.2) is 0 Å². The van der Waals surface area contributed by atoms with Crippen molar-refractivity contribution in [2.24, 2.45) is 11.8 Å². The van der Waals surface area contributed by atoms with Crippen molar-refractivity contribution >= 4 is 5.97 Å². The molecule has 88 valence electrons. The highest BCUT2D eigenvalue weighted by molar-refractivity contribution is 5.70. The number of aliphatic carboxylic acids is 1. The number of carboxylic acids is 1. The maximum absolute atomic E-state index is 10.8. The molecule has 1 saturated heterocycles. The number of nitrogens with zero attached hydrogens (tertiary/aromatic N) is 3. The molecule has 0 saturated carbocycles. The van der Waals surface area contributed by atoms with Crippen LogP contribution in [-0.4, -0.2) is 45.4 Å². The summed E-state index contributed by atoms with van der Waals surface area (Å²) in [7, 11) is 0. The van der Waals surface area contributed by atoms with Gasteiger partial charge in [-0.3, -0.25) is 9.48 Å². The van der Waals surface area contributed by atoms with Gasteiger partial charge in [0.1, 0.15) is 0 Å². The maximum Gasteiger partial charge on any atom is 0.306 e. The topological polar surface area (TPSA) is 58.4 Å². The highest BCUT2D eigenvalue weighted by Crippen LogP contribution is 2.23. The lowest BCUT2D eigenvalue weighted by atomic mass is 9.87. The maximum atomic E-state index is 10.8. The molecule has 1 atom stereocenters. The van der Waals surface area contributed by atoms with Gasteiger partial charge in [-0.2, -0.15) is 5.10 Å². The second-order valence-electron chi connectivity index (χ2n) is 4.42. The summed E-state index contributed by atoms with van der Waals surface area (Å²) in [6, 6.07) is 1.91. The fraction of sp³-hybridized carbons (Fsp3) is 0.636. The summed E-state index contributed by atoms with van der Waals surface area (Å²) in [6.07, 6.45) is 3.71. The van der Waals surface area contributed by atoms with Crippen molar-refractivity contribution in [3.8, 4) is 0 Å². The molecule has 2 rings (SSSR count). The first-order valence-electron chi connectivity index (χ1n) is 5.59. The quantitative estimate of drug-likeness (QED) is 0.791. The fourth-order valence-corrected chi connectivity index (χ4v) is 1.99. The van der Waals surface area contributed by atoms with E-state index in [-0.39, 0.29) is 5.92 Å². The molecule has 1 unspecified atom stereocenters. The Hall–Kier alpha value is -1.36. The molecule has 0 aliphatic carbocycles. The van der Waals surface area contributed by atoms with Crippen molar-refractivity contribution in [1.29, 1.82) is 0 Å². The molecule has 16 heavy (non-hydrogen) atoms. The molecule has 1 aliphatic heterocycles. The molecule has 5 nitrogen and oxygen atoms in total. The standard InChI is InChI=1S/C11H17N3O2/c1-9(11(15)16)10-7-13(8-10)5-6-14-4-2-3-12-14/h2-4,9-10H,5-8H2,1H3,(H,15,16). The molecule has 1 N–H and O–H groups in total. The average Bonchev–Trinajstić information content (AvgIpc) is 2.67. The lowest BCUT2D eigenvalue weighted by molar-refractivity contribution is -0.145. The Balaban J connectivity index is 1.67. The van der Waals surface area contributed by atoms with E-state index in [1.54, 1.807) is 13.1 Å². The first-order valence-corrected chi connectivity index (χ1v) is 5.59. The molecule has 1 aliphatic rings. The Kier molecular flexibility index (Phi) is 3.24. The molecule has 2 heterocycles. The van der Waals surface area contributed by atoms with Gasteiger partial charge in [-0.1, -0.05) is 6.92 Å². The minimum atomic E-state index is -0.684. The van der Waals surface area contributed by atoms with Crippen LogP contribution >= 0.6 is 0 Å². The lowest BCUT2D eigenvalue weighted by Crippen LogP contribution is -2.51. The van der Waals surface area contributed by atoms with Crippen molar-refractivity contribution in [1.82, 2.24) is 14.7 Å². The third-order valence-electron chi connectivity index (χ3n) is 3.29. The van der Waals surface area contributed by atoms with Crippen LogP contribution in [0.5, 0.6) is 0 Å². The van der Waals surface area contributed by atoms with Crippen molar-refractivity contribution in [2.45, 2.75) is 13.5 Å². The molecule has 1 fully saturated rings. The van der Waals surface area contributed by atoms with E-state index in [9.17, 15) is 4.79 Å². The number of rotatable bonds is 5. The van der Waals surface area contributed by atoms with Crippen LogP contribution in [0.3, 0.4) is 0 Å². The van der Waals surface area contributed by atoms with Crippen LogP contribution in [0.15, 0.2) is 18.5 Å². The summed E-state index contributed by atoms with van der Waals surface area (Å²) in [6.45, 7) is 5.41. The molecule has 5 heteroatoms. The molecule has 0 bridgehead atoms. The van der Waals surface area contributed by atoms with Gasteiger partial charge < -0.3 is 10.0 Å². The highest BCUT2D eigenvalue weighted by Gasteiger charge is 2.34. The predicted octanol–water partition coefficient (Wildman–Crippen LogP) is 0.536. The first kappa shape index (κ1) is 11.1. The molecular weight excluding hydrogens is 206 g/mol. The van der Waals surface area contributed by atoms with Crippen LogP contribution in [0.25, 0.3) is 0 Å². The third kappa shape index (κ3) is 2.41. The predicted molar refractivity (Wildman–Crippen MR) is 59.0 cm³/mol. The van der Waals surface area contributed by atoms with Gasteiger partial charge in [0, 0.05) is 32.0 Å². The van der Waals surface area contributed by atoms with Crippen molar-refractivity contribution in [2.75, 3.05) is 19.6 Å². The van der Waals surface area contributed by atoms with Crippen LogP contribution in [0.2, 0.25) is 0 Å². The fourth-order valence-electron chi connectivity index (χ4n) is 1.99. The van der Waals surface area contributed by atoms with Crippen molar-refractivity contribution < 1.29 is 9.90 Å². The Labute approximate surface area is 94.7 Å². The Morgan fingerprint density at radius 1 is 1.56 bits per heavy atom. The van der Waals surface area contributed by atoms with E-state index in [1.807, 2.05) is 16.9 Å². The van der Waals surface area contributed by atoms with Crippen LogP contribution < -0.4 is 0 Å². The SMILES string of the molecule is CC(C(=O)O)C1CN(CCn2cccn2)C1. The summed E-state index contributed by atoms with van der Waals surface area (Å²) in [5.74, 6) is -0.590. The van der Waals surface area contributed by atoms with E-state index >= 15 is 0 Å². The lowest BCUT2D eigenvalue weighted by Gasteiger charge is -2.41. The van der Waals surface area contributed by atoms with Gasteiger partial charge in [0.2, 0.25) is 0 Å². The minimum Gasteiger partial charge on any atom is -0.481 e.